The number of urea groups is 1. The fraction of sp³-hybridized carbons (Fsp3) is 0.318. The molecule has 2 aromatic rings. The van der Waals surface area contributed by atoms with Gasteiger partial charge in [0, 0.05) is 42.6 Å². The van der Waals surface area contributed by atoms with Crippen molar-refractivity contribution in [3.05, 3.63) is 59.1 Å². The average Bonchev–Trinajstić information content (AvgIpc) is 3.24. The summed E-state index contributed by atoms with van der Waals surface area (Å²) in [5.74, 6) is 0.000331. The lowest BCUT2D eigenvalue weighted by Crippen LogP contribution is -2.45. The summed E-state index contributed by atoms with van der Waals surface area (Å²) in [6, 6.07) is 12.5. The van der Waals surface area contributed by atoms with Gasteiger partial charge in [-0.1, -0.05) is 11.6 Å². The summed E-state index contributed by atoms with van der Waals surface area (Å²) in [5.41, 5.74) is 1.72. The Morgan fingerprint density at radius 1 is 1.03 bits per heavy atom. The SMILES string of the molecule is CN(C)/C(=N\S(C)(=O)=O)c1ccc(NC(=O)[C@H]2CCCN2C(=O)Nc2ccc(Cl)cc2)cc1. The Hall–Kier alpha value is -3.11. The van der Waals surface area contributed by atoms with E-state index in [0.717, 1.165) is 12.7 Å². The third kappa shape index (κ3) is 6.69. The van der Waals surface area contributed by atoms with Crippen LogP contribution in [0.3, 0.4) is 0 Å². The normalized spacial score (nSPS) is 16.4. The van der Waals surface area contributed by atoms with Crippen LogP contribution in [0.5, 0.6) is 0 Å². The van der Waals surface area contributed by atoms with Gasteiger partial charge in [-0.25, -0.2) is 13.2 Å². The van der Waals surface area contributed by atoms with Gasteiger partial charge in [0.1, 0.15) is 11.9 Å². The molecule has 9 nitrogen and oxygen atoms in total. The van der Waals surface area contributed by atoms with Gasteiger partial charge in [-0.05, 0) is 61.4 Å². The van der Waals surface area contributed by atoms with Gasteiger partial charge in [0.15, 0.2) is 0 Å². The summed E-state index contributed by atoms with van der Waals surface area (Å²) in [6.45, 7) is 0.477. The first kappa shape index (κ1) is 24.5. The minimum absolute atomic E-state index is 0.288. The van der Waals surface area contributed by atoms with Crippen LogP contribution in [0.2, 0.25) is 5.02 Å². The first-order valence-electron chi connectivity index (χ1n) is 10.3. The molecule has 0 unspecified atom stereocenters. The molecule has 1 aliphatic heterocycles. The van der Waals surface area contributed by atoms with Crippen molar-refractivity contribution in [2.45, 2.75) is 18.9 Å². The molecule has 0 aromatic heterocycles. The molecule has 2 aromatic carbocycles. The summed E-state index contributed by atoms with van der Waals surface area (Å²) in [5, 5.41) is 6.19. The summed E-state index contributed by atoms with van der Waals surface area (Å²) in [4.78, 5) is 28.7. The summed E-state index contributed by atoms with van der Waals surface area (Å²) in [7, 11) is -0.173. The molecule has 176 valence electrons. The molecule has 0 bridgehead atoms. The zero-order valence-corrected chi connectivity index (χ0v) is 20.2. The van der Waals surface area contributed by atoms with Gasteiger partial charge in [-0.3, -0.25) is 4.79 Å². The number of hydrogen-bond acceptors (Lipinski definition) is 4. The molecule has 1 fully saturated rings. The fourth-order valence-corrected chi connectivity index (χ4v) is 4.20. The number of carbonyl (C=O) groups is 2. The molecule has 0 aliphatic carbocycles. The molecular weight excluding hydrogens is 466 g/mol. The second-order valence-electron chi connectivity index (χ2n) is 7.90. The highest BCUT2D eigenvalue weighted by molar-refractivity contribution is 7.89. The Bertz CT molecular complexity index is 1150. The van der Waals surface area contributed by atoms with E-state index in [1.807, 2.05) is 0 Å². The molecule has 1 aliphatic rings. The monoisotopic (exact) mass is 491 g/mol. The van der Waals surface area contributed by atoms with Crippen molar-refractivity contribution in [2.24, 2.45) is 4.40 Å². The number of nitrogens with zero attached hydrogens (tertiary/aromatic N) is 3. The number of halogens is 1. The smallest absolute Gasteiger partial charge is 0.322 e. The molecule has 3 amide bonds. The van der Waals surface area contributed by atoms with Crippen LogP contribution in [-0.2, 0) is 14.8 Å². The molecule has 0 spiro atoms. The topological polar surface area (TPSA) is 111 Å². The number of hydrogen-bond donors (Lipinski definition) is 2. The fourth-order valence-electron chi connectivity index (χ4n) is 3.49. The van der Waals surface area contributed by atoms with E-state index < -0.39 is 16.1 Å². The predicted molar refractivity (Wildman–Crippen MR) is 130 cm³/mol. The van der Waals surface area contributed by atoms with Crippen molar-refractivity contribution >= 4 is 50.8 Å². The number of nitrogens with one attached hydrogen (secondary N) is 2. The van der Waals surface area contributed by atoms with Crippen LogP contribution < -0.4 is 10.6 Å². The molecule has 1 atom stereocenters. The van der Waals surface area contributed by atoms with Crippen molar-refractivity contribution in [3.8, 4) is 0 Å². The highest BCUT2D eigenvalue weighted by Crippen LogP contribution is 2.22. The van der Waals surface area contributed by atoms with Crippen LogP contribution in [-0.4, -0.2) is 68.9 Å². The zero-order chi connectivity index (χ0) is 24.2. The molecule has 1 saturated heterocycles. The second kappa shape index (κ2) is 10.2. The maximum atomic E-state index is 12.9. The van der Waals surface area contributed by atoms with Gasteiger partial charge in [0.25, 0.3) is 10.0 Å². The highest BCUT2D eigenvalue weighted by Gasteiger charge is 2.34. The van der Waals surface area contributed by atoms with E-state index in [0.29, 0.717) is 34.9 Å². The lowest BCUT2D eigenvalue weighted by Gasteiger charge is -2.24. The van der Waals surface area contributed by atoms with E-state index in [2.05, 4.69) is 15.0 Å². The van der Waals surface area contributed by atoms with Gasteiger partial charge in [0.2, 0.25) is 5.91 Å². The second-order valence-corrected chi connectivity index (χ2v) is 9.98. The maximum absolute atomic E-state index is 12.9. The standard InChI is InChI=1S/C22H26ClN5O4S/c1-27(2)20(26-33(3,31)32)15-6-10-17(11-7-15)24-21(29)19-5-4-14-28(19)22(30)25-18-12-8-16(23)9-13-18/h6-13,19H,4-5,14H2,1-3H3,(H,24,29)(H,25,30)/b26-20-/t19-/m1/s1. The van der Waals surface area contributed by atoms with Crippen molar-refractivity contribution in [3.63, 3.8) is 0 Å². The molecule has 0 saturated carbocycles. The molecule has 3 rings (SSSR count). The third-order valence-corrected chi connectivity index (χ3v) is 5.75. The van der Waals surface area contributed by atoms with Crippen molar-refractivity contribution in [2.75, 3.05) is 37.5 Å². The predicted octanol–water partition coefficient (Wildman–Crippen LogP) is 3.24. The lowest BCUT2D eigenvalue weighted by atomic mass is 10.1. The number of anilines is 2. The number of carbonyl (C=O) groups excluding carboxylic acids is 2. The van der Waals surface area contributed by atoms with Gasteiger partial charge >= 0.3 is 6.03 Å². The molecule has 2 N–H and O–H groups in total. The minimum Gasteiger partial charge on any atom is -0.362 e. The number of likely N-dealkylation sites (tertiary alicyclic amines) is 1. The Morgan fingerprint density at radius 2 is 1.61 bits per heavy atom. The summed E-state index contributed by atoms with van der Waals surface area (Å²) < 4.78 is 26.9. The summed E-state index contributed by atoms with van der Waals surface area (Å²) >= 11 is 5.88. The van der Waals surface area contributed by atoms with E-state index in [1.54, 1.807) is 67.5 Å². The Morgan fingerprint density at radius 3 is 2.18 bits per heavy atom. The Labute approximate surface area is 198 Å². The number of amidine groups is 1. The van der Waals surface area contributed by atoms with E-state index in [-0.39, 0.29) is 17.8 Å². The largest absolute Gasteiger partial charge is 0.362 e. The molecule has 1 heterocycles. The van der Waals surface area contributed by atoms with Crippen LogP contribution >= 0.6 is 11.6 Å². The molecule has 11 heteroatoms. The van der Waals surface area contributed by atoms with Crippen molar-refractivity contribution in [1.82, 2.24) is 9.80 Å². The molecular formula is C22H26ClN5O4S. The van der Waals surface area contributed by atoms with Crippen LogP contribution in [0.4, 0.5) is 16.2 Å². The van der Waals surface area contributed by atoms with Crippen LogP contribution in [0.1, 0.15) is 18.4 Å². The summed E-state index contributed by atoms with van der Waals surface area (Å²) in [6.07, 6.45) is 2.31. The number of amides is 3. The maximum Gasteiger partial charge on any atom is 0.322 e. The highest BCUT2D eigenvalue weighted by atomic mass is 35.5. The first-order chi connectivity index (χ1) is 15.5. The van der Waals surface area contributed by atoms with Crippen LogP contribution in [0.25, 0.3) is 0 Å². The average molecular weight is 492 g/mol. The van der Waals surface area contributed by atoms with Crippen molar-refractivity contribution < 1.29 is 18.0 Å². The van der Waals surface area contributed by atoms with E-state index in [4.69, 9.17) is 11.6 Å². The number of benzene rings is 2. The minimum atomic E-state index is -3.57. The lowest BCUT2D eigenvalue weighted by molar-refractivity contribution is -0.119. The van der Waals surface area contributed by atoms with E-state index in [9.17, 15) is 18.0 Å². The van der Waals surface area contributed by atoms with Gasteiger partial charge < -0.3 is 20.4 Å². The van der Waals surface area contributed by atoms with Crippen LogP contribution in [0, 0.1) is 0 Å². The van der Waals surface area contributed by atoms with Crippen LogP contribution in [0.15, 0.2) is 52.9 Å². The van der Waals surface area contributed by atoms with Gasteiger partial charge in [0.05, 0.1) is 6.26 Å². The number of rotatable bonds is 5. The Kier molecular flexibility index (Phi) is 7.60. The van der Waals surface area contributed by atoms with Gasteiger partial charge in [-0.2, -0.15) is 0 Å². The Balaban J connectivity index is 1.68. The zero-order valence-electron chi connectivity index (χ0n) is 18.6. The molecule has 33 heavy (non-hydrogen) atoms. The van der Waals surface area contributed by atoms with Gasteiger partial charge in [-0.15, -0.1) is 4.40 Å². The van der Waals surface area contributed by atoms with E-state index in [1.165, 1.54) is 4.90 Å². The third-order valence-electron chi connectivity index (χ3n) is 5.00. The van der Waals surface area contributed by atoms with Crippen molar-refractivity contribution in [1.29, 1.82) is 0 Å². The molecule has 0 radical (unpaired) electrons. The number of sulfonamides is 1. The quantitative estimate of drug-likeness (QED) is 0.492. The first-order valence-corrected chi connectivity index (χ1v) is 12.5. The van der Waals surface area contributed by atoms with E-state index >= 15 is 0 Å².